The van der Waals surface area contributed by atoms with E-state index in [9.17, 15) is 4.79 Å². The van der Waals surface area contributed by atoms with Gasteiger partial charge in [-0.1, -0.05) is 47.2 Å². The van der Waals surface area contributed by atoms with Gasteiger partial charge in [0.2, 0.25) is 11.0 Å². The fourth-order valence-corrected chi connectivity index (χ4v) is 3.16. The van der Waals surface area contributed by atoms with Gasteiger partial charge in [0, 0.05) is 11.4 Å². The van der Waals surface area contributed by atoms with Crippen LogP contribution in [0.25, 0.3) is 0 Å². The number of anilines is 1. The van der Waals surface area contributed by atoms with Crippen molar-refractivity contribution in [2.45, 2.75) is 12.8 Å². The zero-order valence-corrected chi connectivity index (χ0v) is 15.1. The molecule has 1 aromatic heterocycles. The molecule has 2 aromatic carbocycles. The van der Waals surface area contributed by atoms with E-state index < -0.39 is 0 Å². The number of hydrogen-bond acceptors (Lipinski definition) is 5. The van der Waals surface area contributed by atoms with Gasteiger partial charge in [0.1, 0.15) is 10.8 Å². The van der Waals surface area contributed by atoms with E-state index in [-0.39, 0.29) is 12.3 Å². The van der Waals surface area contributed by atoms with E-state index in [2.05, 4.69) is 15.5 Å². The highest BCUT2D eigenvalue weighted by Gasteiger charge is 2.10. The maximum Gasteiger partial charge on any atom is 0.230 e. The Bertz CT molecular complexity index is 848. The Kier molecular flexibility index (Phi) is 5.63. The first-order valence-corrected chi connectivity index (χ1v) is 8.81. The molecule has 5 nitrogen and oxygen atoms in total. The number of amides is 1. The minimum atomic E-state index is -0.130. The van der Waals surface area contributed by atoms with Gasteiger partial charge in [-0.05, 0) is 35.4 Å². The van der Waals surface area contributed by atoms with E-state index in [1.54, 1.807) is 19.2 Å². The molecular formula is C18H16ClN3O2S. The number of carbonyl (C=O) groups is 1. The molecule has 0 radical (unpaired) electrons. The van der Waals surface area contributed by atoms with Gasteiger partial charge in [-0.2, -0.15) is 0 Å². The van der Waals surface area contributed by atoms with Crippen LogP contribution in [-0.4, -0.2) is 23.2 Å². The van der Waals surface area contributed by atoms with E-state index >= 15 is 0 Å². The second-order valence-electron chi connectivity index (χ2n) is 5.38. The minimum Gasteiger partial charge on any atom is -0.497 e. The van der Waals surface area contributed by atoms with Gasteiger partial charge in [-0.15, -0.1) is 10.2 Å². The van der Waals surface area contributed by atoms with Gasteiger partial charge in [-0.25, -0.2) is 0 Å². The molecule has 0 saturated carbocycles. The number of hydrogen-bond donors (Lipinski definition) is 1. The van der Waals surface area contributed by atoms with Crippen molar-refractivity contribution in [3.05, 3.63) is 69.7 Å². The van der Waals surface area contributed by atoms with Crippen molar-refractivity contribution in [3.8, 4) is 5.75 Å². The van der Waals surface area contributed by atoms with Crippen LogP contribution in [0, 0.1) is 0 Å². The monoisotopic (exact) mass is 373 g/mol. The summed E-state index contributed by atoms with van der Waals surface area (Å²) in [4.78, 5) is 12.1. The zero-order valence-electron chi connectivity index (χ0n) is 13.5. The molecule has 3 rings (SSSR count). The third-order valence-electron chi connectivity index (χ3n) is 3.51. The van der Waals surface area contributed by atoms with Gasteiger partial charge >= 0.3 is 0 Å². The number of halogens is 1. The van der Waals surface area contributed by atoms with Gasteiger partial charge in [-0.3, -0.25) is 4.79 Å². The molecule has 0 unspecified atom stereocenters. The normalized spacial score (nSPS) is 10.5. The average molecular weight is 374 g/mol. The molecule has 25 heavy (non-hydrogen) atoms. The maximum absolute atomic E-state index is 12.1. The molecular weight excluding hydrogens is 358 g/mol. The van der Waals surface area contributed by atoms with E-state index in [0.717, 1.165) is 21.9 Å². The maximum atomic E-state index is 12.1. The Morgan fingerprint density at radius 3 is 2.44 bits per heavy atom. The molecule has 7 heteroatoms. The Balaban J connectivity index is 1.57. The van der Waals surface area contributed by atoms with Crippen molar-refractivity contribution in [2.24, 2.45) is 0 Å². The quantitative estimate of drug-likeness (QED) is 0.710. The molecule has 0 saturated heterocycles. The van der Waals surface area contributed by atoms with Crippen LogP contribution in [0.5, 0.6) is 5.75 Å². The summed E-state index contributed by atoms with van der Waals surface area (Å²) in [6.45, 7) is 0. The molecule has 0 fully saturated rings. The van der Waals surface area contributed by atoms with Gasteiger partial charge in [0.25, 0.3) is 0 Å². The molecule has 0 aliphatic carbocycles. The SMILES string of the molecule is COc1ccc(Cc2nnc(NC(=O)Cc3ccc(Cl)cc3)s2)cc1. The summed E-state index contributed by atoms with van der Waals surface area (Å²) in [5, 5.41) is 12.9. The molecule has 3 aromatic rings. The lowest BCUT2D eigenvalue weighted by Crippen LogP contribution is -2.14. The third kappa shape index (κ3) is 5.01. The number of aromatic nitrogens is 2. The number of nitrogens with one attached hydrogen (secondary N) is 1. The Morgan fingerprint density at radius 1 is 1.08 bits per heavy atom. The van der Waals surface area contributed by atoms with Crippen LogP contribution in [0.2, 0.25) is 5.02 Å². The summed E-state index contributed by atoms with van der Waals surface area (Å²) >= 11 is 7.21. The van der Waals surface area contributed by atoms with Gasteiger partial charge in [0.15, 0.2) is 0 Å². The highest BCUT2D eigenvalue weighted by atomic mass is 35.5. The highest BCUT2D eigenvalue weighted by Crippen LogP contribution is 2.20. The fraction of sp³-hybridized carbons (Fsp3) is 0.167. The Morgan fingerprint density at radius 2 is 1.76 bits per heavy atom. The van der Waals surface area contributed by atoms with Crippen LogP contribution in [-0.2, 0) is 17.6 Å². The smallest absolute Gasteiger partial charge is 0.230 e. The zero-order chi connectivity index (χ0) is 17.6. The number of rotatable bonds is 6. The van der Waals surface area contributed by atoms with Crippen molar-refractivity contribution < 1.29 is 9.53 Å². The van der Waals surface area contributed by atoms with Gasteiger partial charge in [0.05, 0.1) is 13.5 Å². The number of benzene rings is 2. The molecule has 0 bridgehead atoms. The van der Waals surface area contributed by atoms with Crippen molar-refractivity contribution >= 4 is 34.0 Å². The summed E-state index contributed by atoms with van der Waals surface area (Å²) in [5.74, 6) is 0.686. The summed E-state index contributed by atoms with van der Waals surface area (Å²) in [5.41, 5.74) is 2.00. The van der Waals surface area contributed by atoms with E-state index in [4.69, 9.17) is 16.3 Å². The van der Waals surface area contributed by atoms with E-state index in [1.165, 1.54) is 11.3 Å². The van der Waals surface area contributed by atoms with Crippen LogP contribution in [0.1, 0.15) is 16.1 Å². The molecule has 0 atom stereocenters. The second kappa shape index (κ2) is 8.09. The average Bonchev–Trinajstić information content (AvgIpc) is 3.04. The van der Waals surface area contributed by atoms with Crippen molar-refractivity contribution in [3.63, 3.8) is 0 Å². The third-order valence-corrected chi connectivity index (χ3v) is 4.60. The van der Waals surface area contributed by atoms with Crippen molar-refractivity contribution in [1.82, 2.24) is 10.2 Å². The van der Waals surface area contributed by atoms with Crippen LogP contribution >= 0.6 is 22.9 Å². The number of ether oxygens (including phenoxy) is 1. The molecule has 1 heterocycles. The highest BCUT2D eigenvalue weighted by molar-refractivity contribution is 7.15. The van der Waals surface area contributed by atoms with Crippen LogP contribution in [0.4, 0.5) is 5.13 Å². The first kappa shape index (κ1) is 17.4. The Hall–Kier alpha value is -2.44. The first-order chi connectivity index (χ1) is 12.1. The number of methoxy groups -OCH3 is 1. The first-order valence-electron chi connectivity index (χ1n) is 7.62. The summed E-state index contributed by atoms with van der Waals surface area (Å²) in [7, 11) is 1.64. The van der Waals surface area contributed by atoms with Gasteiger partial charge < -0.3 is 10.1 Å². The topological polar surface area (TPSA) is 64.1 Å². The predicted molar refractivity (Wildman–Crippen MR) is 99.5 cm³/mol. The predicted octanol–water partition coefficient (Wildman–Crippen LogP) is 3.97. The van der Waals surface area contributed by atoms with E-state index in [0.29, 0.717) is 16.6 Å². The molecule has 0 aliphatic heterocycles. The van der Waals surface area contributed by atoms with Crippen molar-refractivity contribution in [1.29, 1.82) is 0 Å². The molecule has 1 N–H and O–H groups in total. The molecule has 0 spiro atoms. The lowest BCUT2D eigenvalue weighted by Gasteiger charge is -2.02. The molecule has 0 aliphatic rings. The summed E-state index contributed by atoms with van der Waals surface area (Å²) < 4.78 is 5.14. The lowest BCUT2D eigenvalue weighted by molar-refractivity contribution is -0.115. The largest absolute Gasteiger partial charge is 0.497 e. The van der Waals surface area contributed by atoms with Crippen LogP contribution in [0.15, 0.2) is 48.5 Å². The Labute approximate surface area is 154 Å². The van der Waals surface area contributed by atoms with Crippen LogP contribution < -0.4 is 10.1 Å². The number of nitrogens with zero attached hydrogens (tertiary/aromatic N) is 2. The summed E-state index contributed by atoms with van der Waals surface area (Å²) in [6, 6.07) is 15.0. The molecule has 1 amide bonds. The molecule has 128 valence electrons. The van der Waals surface area contributed by atoms with Crippen LogP contribution in [0.3, 0.4) is 0 Å². The summed E-state index contributed by atoms with van der Waals surface area (Å²) in [6.07, 6.45) is 0.930. The van der Waals surface area contributed by atoms with Crippen molar-refractivity contribution in [2.75, 3.05) is 12.4 Å². The fourth-order valence-electron chi connectivity index (χ4n) is 2.24. The minimum absolute atomic E-state index is 0.130. The second-order valence-corrected chi connectivity index (χ2v) is 6.88. The lowest BCUT2D eigenvalue weighted by atomic mass is 10.1. The number of carbonyl (C=O) groups excluding carboxylic acids is 1. The standard InChI is InChI=1S/C18H16ClN3O2S/c1-24-15-8-4-13(5-9-15)11-17-21-22-18(25-17)20-16(23)10-12-2-6-14(19)7-3-12/h2-9H,10-11H2,1H3,(H,20,22,23). The van der Waals surface area contributed by atoms with E-state index in [1.807, 2.05) is 36.4 Å².